The number of ether oxygens (including phenoxy) is 5. The van der Waals surface area contributed by atoms with E-state index in [4.69, 9.17) is 23.7 Å². The Balaban J connectivity index is 1.56. The Morgan fingerprint density at radius 2 is 1.50 bits per heavy atom. The number of amides is 1. The van der Waals surface area contributed by atoms with Crippen molar-refractivity contribution in [2.75, 3.05) is 61.7 Å². The highest BCUT2D eigenvalue weighted by Crippen LogP contribution is 2.42. The Labute approximate surface area is 227 Å². The molecule has 0 radical (unpaired) electrons. The summed E-state index contributed by atoms with van der Waals surface area (Å²) in [6.07, 6.45) is 2.30. The molecule has 1 amide bonds. The van der Waals surface area contributed by atoms with Gasteiger partial charge in [0, 0.05) is 25.6 Å². The highest BCUT2D eigenvalue weighted by Gasteiger charge is 2.29. The molecule has 0 aromatic heterocycles. The molecular weight excluding hydrogens is 484 g/mol. The maximum atomic E-state index is 13.0. The van der Waals surface area contributed by atoms with Crippen LogP contribution in [0, 0.1) is 0 Å². The summed E-state index contributed by atoms with van der Waals surface area (Å²) in [5.41, 5.74) is 3.19. The average Bonchev–Trinajstić information content (AvgIpc) is 2.87. The number of carbonyl (C=O) groups is 1. The van der Waals surface area contributed by atoms with Gasteiger partial charge in [0.25, 0.3) is 0 Å². The average molecular weight is 529 g/mol. The van der Waals surface area contributed by atoms with E-state index < -0.39 is 5.60 Å². The summed E-state index contributed by atoms with van der Waals surface area (Å²) in [5, 5.41) is 0. The number of nitrogens with zero attached hydrogens (tertiary/aromatic N) is 2. The van der Waals surface area contributed by atoms with E-state index in [1.54, 1.807) is 28.4 Å². The van der Waals surface area contributed by atoms with Crippen LogP contribution in [0.15, 0.2) is 30.3 Å². The molecule has 0 fully saturated rings. The second-order valence-corrected chi connectivity index (χ2v) is 10.8. The quantitative estimate of drug-likeness (QED) is 0.356. The maximum Gasteiger partial charge on any atom is 0.410 e. The number of hydrogen-bond donors (Lipinski definition) is 0. The highest BCUT2D eigenvalue weighted by atomic mass is 16.6. The van der Waals surface area contributed by atoms with Crippen molar-refractivity contribution in [3.8, 4) is 23.0 Å². The number of hydrogen-bond acceptors (Lipinski definition) is 7. The van der Waals surface area contributed by atoms with Gasteiger partial charge in [-0.1, -0.05) is 6.07 Å². The lowest BCUT2D eigenvalue weighted by atomic mass is 9.77. The van der Waals surface area contributed by atoms with E-state index in [0.717, 1.165) is 43.0 Å². The Bertz CT molecular complexity index is 1080. The minimum absolute atomic E-state index is 0.283. The van der Waals surface area contributed by atoms with Crippen LogP contribution in [0.2, 0.25) is 0 Å². The predicted molar refractivity (Wildman–Crippen MR) is 149 cm³/mol. The Morgan fingerprint density at radius 3 is 2.13 bits per heavy atom. The van der Waals surface area contributed by atoms with Crippen LogP contribution in [-0.2, 0) is 17.6 Å². The molecule has 8 nitrogen and oxygen atoms in total. The lowest BCUT2D eigenvalue weighted by molar-refractivity contribution is 0.0245. The maximum absolute atomic E-state index is 13.0. The largest absolute Gasteiger partial charge is 0.493 e. The zero-order valence-corrected chi connectivity index (χ0v) is 24.3. The first kappa shape index (κ1) is 29.4. The molecular formula is C30H44N2O6. The van der Waals surface area contributed by atoms with E-state index in [1.807, 2.05) is 43.9 Å². The summed E-state index contributed by atoms with van der Waals surface area (Å²) < 4.78 is 27.4. The smallest absolute Gasteiger partial charge is 0.410 e. The first-order chi connectivity index (χ1) is 18.1. The third kappa shape index (κ3) is 7.69. The first-order valence-electron chi connectivity index (χ1n) is 13.2. The standard InChI is InChI=1S/C30H44N2O6/c1-30(2,3)38-29(33)32(15-12-21-10-11-25(34-5)26(16-21)35-6)14-9-13-31(4)20-23-17-22-18-27(36-7)28(37-8)19-24(22)23/h10-11,16,18-19,23H,9,12-15,17,20H2,1-8H3/t23-/m1/s1. The summed E-state index contributed by atoms with van der Waals surface area (Å²) >= 11 is 0. The zero-order chi connectivity index (χ0) is 27.9. The Kier molecular flexibility index (Phi) is 10.1. The molecule has 0 unspecified atom stereocenters. The van der Waals surface area contributed by atoms with Crippen LogP contribution in [0.3, 0.4) is 0 Å². The SMILES string of the molecule is COc1ccc(CCN(CCCN(C)C[C@H]2Cc3cc(OC)c(OC)cc32)C(=O)OC(C)(C)C)cc1OC. The fourth-order valence-electron chi connectivity index (χ4n) is 4.82. The predicted octanol–water partition coefficient (Wildman–Crippen LogP) is 5.16. The van der Waals surface area contributed by atoms with E-state index >= 15 is 0 Å². The van der Waals surface area contributed by atoms with Crippen LogP contribution in [0.1, 0.15) is 49.8 Å². The molecule has 2 aromatic carbocycles. The summed E-state index contributed by atoms with van der Waals surface area (Å²) in [7, 11) is 8.73. The third-order valence-electron chi connectivity index (χ3n) is 6.82. The molecule has 38 heavy (non-hydrogen) atoms. The molecule has 0 saturated carbocycles. The lowest BCUT2D eigenvalue weighted by Gasteiger charge is -2.34. The van der Waals surface area contributed by atoms with E-state index in [0.29, 0.717) is 36.9 Å². The molecule has 1 aliphatic rings. The molecule has 0 bridgehead atoms. The van der Waals surface area contributed by atoms with Gasteiger partial charge in [0.05, 0.1) is 28.4 Å². The van der Waals surface area contributed by atoms with Crippen molar-refractivity contribution in [2.24, 2.45) is 0 Å². The first-order valence-corrected chi connectivity index (χ1v) is 13.2. The van der Waals surface area contributed by atoms with Gasteiger partial charge in [-0.2, -0.15) is 0 Å². The molecule has 3 rings (SSSR count). The van der Waals surface area contributed by atoms with Gasteiger partial charge in [0.1, 0.15) is 5.60 Å². The van der Waals surface area contributed by atoms with Crippen molar-refractivity contribution in [2.45, 2.75) is 51.6 Å². The number of rotatable bonds is 13. The fraction of sp³-hybridized carbons (Fsp3) is 0.567. The molecule has 2 aromatic rings. The van der Waals surface area contributed by atoms with Gasteiger partial charge in [-0.25, -0.2) is 4.79 Å². The highest BCUT2D eigenvalue weighted by molar-refractivity contribution is 5.68. The number of fused-ring (bicyclic) bond motifs is 1. The van der Waals surface area contributed by atoms with E-state index in [-0.39, 0.29) is 6.09 Å². The number of likely N-dealkylation sites (N-methyl/N-ethyl adjacent to an activating group) is 1. The molecule has 0 saturated heterocycles. The van der Waals surface area contributed by atoms with Gasteiger partial charge in [-0.3, -0.25) is 0 Å². The molecule has 0 N–H and O–H groups in total. The zero-order valence-electron chi connectivity index (χ0n) is 24.3. The summed E-state index contributed by atoms with van der Waals surface area (Å²) in [5.74, 6) is 3.41. The molecule has 1 aliphatic carbocycles. The van der Waals surface area contributed by atoms with Gasteiger partial charge in [-0.15, -0.1) is 0 Å². The summed E-state index contributed by atoms with van der Waals surface area (Å²) in [4.78, 5) is 17.1. The van der Waals surface area contributed by atoms with Gasteiger partial charge >= 0.3 is 6.09 Å². The van der Waals surface area contributed by atoms with Gasteiger partial charge in [0.2, 0.25) is 0 Å². The van der Waals surface area contributed by atoms with Crippen molar-refractivity contribution in [3.05, 3.63) is 47.0 Å². The molecule has 8 heteroatoms. The van der Waals surface area contributed by atoms with E-state index in [1.165, 1.54) is 11.1 Å². The third-order valence-corrected chi connectivity index (χ3v) is 6.82. The topological polar surface area (TPSA) is 69.7 Å². The van der Waals surface area contributed by atoms with Crippen LogP contribution in [0.4, 0.5) is 4.79 Å². The van der Waals surface area contributed by atoms with E-state index in [2.05, 4.69) is 24.1 Å². The minimum atomic E-state index is -0.545. The number of carbonyl (C=O) groups excluding carboxylic acids is 1. The fourth-order valence-corrected chi connectivity index (χ4v) is 4.82. The van der Waals surface area contributed by atoms with Crippen molar-refractivity contribution in [1.29, 1.82) is 0 Å². The van der Waals surface area contributed by atoms with E-state index in [9.17, 15) is 4.79 Å². The van der Waals surface area contributed by atoms with Crippen molar-refractivity contribution in [3.63, 3.8) is 0 Å². The Hall–Kier alpha value is -3.13. The Morgan fingerprint density at radius 1 is 0.868 bits per heavy atom. The normalized spacial score (nSPS) is 14.4. The van der Waals surface area contributed by atoms with Crippen LogP contribution in [-0.4, -0.2) is 83.2 Å². The summed E-state index contributed by atoms with van der Waals surface area (Å²) in [6, 6.07) is 10.0. The molecule has 0 spiro atoms. The lowest BCUT2D eigenvalue weighted by Crippen LogP contribution is -2.40. The van der Waals surface area contributed by atoms with Gasteiger partial charge in [0.15, 0.2) is 23.0 Å². The molecule has 1 atom stereocenters. The summed E-state index contributed by atoms with van der Waals surface area (Å²) in [6.45, 7) is 8.71. The minimum Gasteiger partial charge on any atom is -0.493 e. The van der Waals surface area contributed by atoms with Crippen LogP contribution >= 0.6 is 0 Å². The van der Waals surface area contributed by atoms with Crippen molar-refractivity contribution < 1.29 is 28.5 Å². The molecule has 0 aliphatic heterocycles. The molecule has 210 valence electrons. The second kappa shape index (κ2) is 13.1. The van der Waals surface area contributed by atoms with Crippen molar-refractivity contribution in [1.82, 2.24) is 9.80 Å². The van der Waals surface area contributed by atoms with Gasteiger partial charge < -0.3 is 33.5 Å². The monoisotopic (exact) mass is 528 g/mol. The van der Waals surface area contributed by atoms with Gasteiger partial charge in [-0.05, 0) is 94.6 Å². The van der Waals surface area contributed by atoms with Crippen molar-refractivity contribution >= 4 is 6.09 Å². The number of methoxy groups -OCH3 is 4. The van der Waals surface area contributed by atoms with Crippen LogP contribution < -0.4 is 18.9 Å². The second-order valence-electron chi connectivity index (χ2n) is 10.8. The van der Waals surface area contributed by atoms with Crippen LogP contribution in [0.5, 0.6) is 23.0 Å². The number of benzene rings is 2. The van der Waals surface area contributed by atoms with Crippen LogP contribution in [0.25, 0.3) is 0 Å². The molecule has 0 heterocycles.